The average molecular weight is 227 g/mol. The number of aromatic nitrogens is 2. The fraction of sp³-hybridized carbons (Fsp3) is 0.600. The maximum atomic E-state index is 5.88. The Morgan fingerprint density at radius 2 is 1.93 bits per heavy atom. The van der Waals surface area contributed by atoms with Crippen LogP contribution < -0.4 is 5.32 Å². The van der Waals surface area contributed by atoms with Crippen molar-refractivity contribution in [2.75, 3.05) is 25.5 Å². The maximum absolute atomic E-state index is 5.88. The van der Waals surface area contributed by atoms with Gasteiger partial charge in [-0.25, -0.2) is 0 Å². The molecule has 82 valence electrons. The Morgan fingerprint density at radius 3 is 2.53 bits per heavy atom. The molecule has 0 aliphatic carbocycles. The van der Waals surface area contributed by atoms with Crippen LogP contribution in [0.25, 0.3) is 0 Å². The summed E-state index contributed by atoms with van der Waals surface area (Å²) in [5.74, 6) is 0.856. The Morgan fingerprint density at radius 1 is 1.27 bits per heavy atom. The van der Waals surface area contributed by atoms with E-state index in [2.05, 4.69) is 27.5 Å². The average Bonchev–Trinajstić information content (AvgIpc) is 2.16. The molecule has 1 N–H and O–H groups in total. The number of halogens is 1. The van der Waals surface area contributed by atoms with Crippen molar-refractivity contribution in [3.63, 3.8) is 0 Å². The second-order valence-electron chi connectivity index (χ2n) is 4.15. The van der Waals surface area contributed by atoms with Gasteiger partial charge in [0.15, 0.2) is 11.0 Å². The molecule has 0 atom stereocenters. The number of rotatable bonds is 2. The highest BCUT2D eigenvalue weighted by atomic mass is 35.5. The summed E-state index contributed by atoms with van der Waals surface area (Å²) in [6, 6.07) is 0.489. The van der Waals surface area contributed by atoms with Crippen molar-refractivity contribution in [3.05, 3.63) is 16.3 Å². The van der Waals surface area contributed by atoms with E-state index in [0.717, 1.165) is 30.0 Å². The first kappa shape index (κ1) is 10.6. The van der Waals surface area contributed by atoms with Crippen LogP contribution in [-0.4, -0.2) is 41.3 Å². The SMILES string of the molecule is Cc1c(Cl)nnc(NC2CN(C)C2)c1C. The van der Waals surface area contributed by atoms with E-state index in [0.29, 0.717) is 11.2 Å². The predicted molar refractivity (Wildman–Crippen MR) is 61.4 cm³/mol. The first-order valence-electron chi connectivity index (χ1n) is 5.02. The van der Waals surface area contributed by atoms with Crippen LogP contribution in [0.3, 0.4) is 0 Å². The van der Waals surface area contributed by atoms with E-state index in [-0.39, 0.29) is 0 Å². The van der Waals surface area contributed by atoms with Crippen LogP contribution in [0.5, 0.6) is 0 Å². The Kier molecular flexibility index (Phi) is 2.80. The zero-order chi connectivity index (χ0) is 11.0. The lowest BCUT2D eigenvalue weighted by molar-refractivity contribution is 0.205. The minimum absolute atomic E-state index is 0.489. The quantitative estimate of drug-likeness (QED) is 0.830. The molecule has 2 heterocycles. The molecule has 2 rings (SSSR count). The topological polar surface area (TPSA) is 41.1 Å². The molecule has 0 aromatic carbocycles. The van der Waals surface area contributed by atoms with Crippen LogP contribution in [-0.2, 0) is 0 Å². The van der Waals surface area contributed by atoms with E-state index in [1.54, 1.807) is 0 Å². The minimum Gasteiger partial charge on any atom is -0.363 e. The van der Waals surface area contributed by atoms with Gasteiger partial charge < -0.3 is 10.2 Å². The third-order valence-corrected chi connectivity index (χ3v) is 3.23. The fourth-order valence-corrected chi connectivity index (χ4v) is 1.88. The summed E-state index contributed by atoms with van der Waals surface area (Å²) >= 11 is 5.88. The first-order valence-corrected chi connectivity index (χ1v) is 5.40. The van der Waals surface area contributed by atoms with Gasteiger partial charge in [-0.15, -0.1) is 10.2 Å². The van der Waals surface area contributed by atoms with Crippen molar-refractivity contribution in [2.24, 2.45) is 0 Å². The molecule has 1 aliphatic rings. The van der Waals surface area contributed by atoms with Gasteiger partial charge in [-0.05, 0) is 32.0 Å². The molecule has 0 radical (unpaired) electrons. The Bertz CT molecular complexity index is 374. The van der Waals surface area contributed by atoms with E-state index in [1.165, 1.54) is 0 Å². The van der Waals surface area contributed by atoms with Crippen molar-refractivity contribution in [3.8, 4) is 0 Å². The standard InChI is InChI=1S/C10H15ClN4/c1-6-7(2)10(14-13-9(6)11)12-8-4-15(3)5-8/h8H,4-5H2,1-3H3,(H,12,14). The number of hydrogen-bond acceptors (Lipinski definition) is 4. The van der Waals surface area contributed by atoms with Crippen molar-refractivity contribution < 1.29 is 0 Å². The number of likely N-dealkylation sites (tertiary alicyclic amines) is 1. The Labute approximate surface area is 94.6 Å². The highest BCUT2D eigenvalue weighted by Crippen LogP contribution is 2.22. The minimum atomic E-state index is 0.489. The molecular weight excluding hydrogens is 212 g/mol. The molecule has 1 aromatic heterocycles. The summed E-state index contributed by atoms with van der Waals surface area (Å²) in [4.78, 5) is 2.25. The lowest BCUT2D eigenvalue weighted by Gasteiger charge is -2.37. The summed E-state index contributed by atoms with van der Waals surface area (Å²) in [6.45, 7) is 6.09. The van der Waals surface area contributed by atoms with Crippen LogP contribution in [0.2, 0.25) is 5.15 Å². The van der Waals surface area contributed by atoms with Gasteiger partial charge in [-0.1, -0.05) is 11.6 Å². The van der Waals surface area contributed by atoms with Crippen LogP contribution in [0.15, 0.2) is 0 Å². The van der Waals surface area contributed by atoms with Crippen molar-refractivity contribution in [2.45, 2.75) is 19.9 Å². The predicted octanol–water partition coefficient (Wildman–Crippen LogP) is 1.47. The molecule has 0 bridgehead atoms. The van der Waals surface area contributed by atoms with Gasteiger partial charge in [0.05, 0.1) is 6.04 Å². The molecule has 0 spiro atoms. The first-order chi connectivity index (χ1) is 7.08. The fourth-order valence-electron chi connectivity index (χ4n) is 1.70. The molecule has 5 heteroatoms. The highest BCUT2D eigenvalue weighted by molar-refractivity contribution is 6.30. The number of nitrogens with zero attached hydrogens (tertiary/aromatic N) is 3. The molecule has 4 nitrogen and oxygen atoms in total. The van der Waals surface area contributed by atoms with Gasteiger partial charge in [0, 0.05) is 13.1 Å². The summed E-state index contributed by atoms with van der Waals surface area (Å²) in [5, 5.41) is 11.8. The molecule has 0 unspecified atom stereocenters. The second-order valence-corrected chi connectivity index (χ2v) is 4.51. The smallest absolute Gasteiger partial charge is 0.155 e. The largest absolute Gasteiger partial charge is 0.363 e. The van der Waals surface area contributed by atoms with Gasteiger partial charge in [0.1, 0.15) is 0 Å². The zero-order valence-electron chi connectivity index (χ0n) is 9.21. The lowest BCUT2D eigenvalue weighted by Crippen LogP contribution is -2.52. The van der Waals surface area contributed by atoms with Crippen LogP contribution in [0.1, 0.15) is 11.1 Å². The van der Waals surface area contributed by atoms with Crippen LogP contribution in [0.4, 0.5) is 5.82 Å². The Balaban J connectivity index is 2.12. The number of hydrogen-bond donors (Lipinski definition) is 1. The van der Waals surface area contributed by atoms with E-state index in [1.807, 2.05) is 13.8 Å². The third-order valence-electron chi connectivity index (χ3n) is 2.87. The summed E-state index contributed by atoms with van der Waals surface area (Å²) in [6.07, 6.45) is 0. The van der Waals surface area contributed by atoms with Gasteiger partial charge in [-0.3, -0.25) is 0 Å². The molecule has 1 aliphatic heterocycles. The third kappa shape index (κ3) is 2.06. The Hall–Kier alpha value is -0.870. The molecule has 1 fully saturated rings. The van der Waals surface area contributed by atoms with Crippen LogP contribution >= 0.6 is 11.6 Å². The summed E-state index contributed by atoms with van der Waals surface area (Å²) in [5.41, 5.74) is 2.09. The number of nitrogens with one attached hydrogen (secondary N) is 1. The molecule has 1 aromatic rings. The molecule has 0 saturated carbocycles. The summed E-state index contributed by atoms with van der Waals surface area (Å²) in [7, 11) is 2.10. The number of likely N-dealkylation sites (N-methyl/N-ethyl adjacent to an activating group) is 1. The molecule has 1 saturated heterocycles. The van der Waals surface area contributed by atoms with Gasteiger partial charge in [0.25, 0.3) is 0 Å². The normalized spacial score (nSPS) is 17.6. The monoisotopic (exact) mass is 226 g/mol. The van der Waals surface area contributed by atoms with Crippen molar-refractivity contribution >= 4 is 17.4 Å². The van der Waals surface area contributed by atoms with Gasteiger partial charge in [-0.2, -0.15) is 0 Å². The van der Waals surface area contributed by atoms with Gasteiger partial charge in [0.2, 0.25) is 0 Å². The second kappa shape index (κ2) is 3.94. The zero-order valence-corrected chi connectivity index (χ0v) is 9.97. The number of anilines is 1. The van der Waals surface area contributed by atoms with Crippen molar-refractivity contribution in [1.29, 1.82) is 0 Å². The van der Waals surface area contributed by atoms with Crippen molar-refractivity contribution in [1.82, 2.24) is 15.1 Å². The molecule has 0 amide bonds. The molecular formula is C10H15ClN4. The summed E-state index contributed by atoms with van der Waals surface area (Å²) < 4.78 is 0. The lowest BCUT2D eigenvalue weighted by atomic mass is 10.1. The maximum Gasteiger partial charge on any atom is 0.155 e. The van der Waals surface area contributed by atoms with E-state index < -0.39 is 0 Å². The van der Waals surface area contributed by atoms with Gasteiger partial charge >= 0.3 is 0 Å². The molecule has 15 heavy (non-hydrogen) atoms. The van der Waals surface area contributed by atoms with Crippen LogP contribution in [0, 0.1) is 13.8 Å². The van der Waals surface area contributed by atoms with E-state index >= 15 is 0 Å². The van der Waals surface area contributed by atoms with E-state index in [4.69, 9.17) is 11.6 Å². The van der Waals surface area contributed by atoms with E-state index in [9.17, 15) is 0 Å². The highest BCUT2D eigenvalue weighted by Gasteiger charge is 2.24.